The third kappa shape index (κ3) is 6.18. The monoisotopic (exact) mass is 417 g/mol. The Bertz CT molecular complexity index is 902. The number of ether oxygens (including phenoxy) is 1. The second-order valence-electron chi connectivity index (χ2n) is 6.03. The van der Waals surface area contributed by atoms with E-state index >= 15 is 0 Å². The van der Waals surface area contributed by atoms with E-state index in [0.29, 0.717) is 22.8 Å². The minimum Gasteiger partial charge on any atom is -0.392 e. The molecule has 3 heterocycles. The fourth-order valence-electron chi connectivity index (χ4n) is 2.53. The Hall–Kier alpha value is -2.62. The fourth-order valence-corrected chi connectivity index (χ4v) is 3.35. The molecule has 3 rings (SSSR count). The van der Waals surface area contributed by atoms with Gasteiger partial charge in [0.25, 0.3) is 5.91 Å². The zero-order chi connectivity index (χ0) is 21.2. The van der Waals surface area contributed by atoms with Crippen molar-refractivity contribution < 1.29 is 14.6 Å². The molecule has 156 valence electrons. The van der Waals surface area contributed by atoms with Gasteiger partial charge in [-0.3, -0.25) is 9.78 Å². The van der Waals surface area contributed by atoms with Gasteiger partial charge in [0.15, 0.2) is 5.69 Å². The SMILES string of the molecule is CC.COC[C@@H](Nc1nc(C(=O)NC[C@@H](C)O)c2sccc2n1)c1cccnc1. The van der Waals surface area contributed by atoms with E-state index in [2.05, 4.69) is 25.6 Å². The summed E-state index contributed by atoms with van der Waals surface area (Å²) in [5.74, 6) is -0.0209. The number of carbonyl (C=O) groups is 1. The van der Waals surface area contributed by atoms with E-state index in [0.717, 1.165) is 5.56 Å². The van der Waals surface area contributed by atoms with E-state index in [9.17, 15) is 9.90 Å². The lowest BCUT2D eigenvalue weighted by Gasteiger charge is -2.18. The zero-order valence-corrected chi connectivity index (χ0v) is 17.9. The van der Waals surface area contributed by atoms with Crippen LogP contribution in [0.1, 0.15) is 42.9 Å². The summed E-state index contributed by atoms with van der Waals surface area (Å²) in [6.45, 7) is 6.15. The van der Waals surface area contributed by atoms with Crippen LogP contribution >= 0.6 is 11.3 Å². The summed E-state index contributed by atoms with van der Waals surface area (Å²) in [5, 5.41) is 17.2. The summed E-state index contributed by atoms with van der Waals surface area (Å²) in [7, 11) is 1.61. The number of anilines is 1. The van der Waals surface area contributed by atoms with Crippen molar-refractivity contribution in [3.8, 4) is 0 Å². The Morgan fingerprint density at radius 1 is 1.31 bits per heavy atom. The molecular weight excluding hydrogens is 390 g/mol. The zero-order valence-electron chi connectivity index (χ0n) is 17.0. The van der Waals surface area contributed by atoms with Crippen molar-refractivity contribution in [2.75, 3.05) is 25.6 Å². The van der Waals surface area contributed by atoms with E-state index < -0.39 is 6.10 Å². The number of nitrogens with one attached hydrogen (secondary N) is 2. The standard InChI is InChI=1S/C18H21N5O3S.C2H6/c1-11(24)8-20-17(25)15-16-13(5-7-27-16)21-18(23-15)22-14(10-26-2)12-4-3-6-19-9-12;1-2/h3-7,9,11,14,24H,8,10H2,1-2H3,(H,20,25)(H,21,22,23);1-2H3/t11-,14-;/m1./s1. The molecule has 0 saturated heterocycles. The van der Waals surface area contributed by atoms with Crippen molar-refractivity contribution in [2.45, 2.75) is 32.9 Å². The highest BCUT2D eigenvalue weighted by molar-refractivity contribution is 7.17. The number of rotatable bonds is 8. The van der Waals surface area contributed by atoms with Crippen LogP contribution in [-0.2, 0) is 4.74 Å². The maximum absolute atomic E-state index is 12.5. The Morgan fingerprint density at radius 2 is 2.10 bits per heavy atom. The maximum atomic E-state index is 12.5. The number of methoxy groups -OCH3 is 1. The van der Waals surface area contributed by atoms with Gasteiger partial charge in [0.05, 0.1) is 29.0 Å². The molecule has 1 amide bonds. The highest BCUT2D eigenvalue weighted by Gasteiger charge is 2.19. The van der Waals surface area contributed by atoms with Crippen molar-refractivity contribution in [3.63, 3.8) is 0 Å². The Morgan fingerprint density at radius 3 is 2.76 bits per heavy atom. The number of hydrogen-bond acceptors (Lipinski definition) is 8. The largest absolute Gasteiger partial charge is 0.392 e. The van der Waals surface area contributed by atoms with Crippen LogP contribution in [0.15, 0.2) is 36.0 Å². The van der Waals surface area contributed by atoms with Gasteiger partial charge < -0.3 is 20.5 Å². The summed E-state index contributed by atoms with van der Waals surface area (Å²) < 4.78 is 6.00. The summed E-state index contributed by atoms with van der Waals surface area (Å²) in [5.41, 5.74) is 1.89. The molecule has 0 saturated carbocycles. The number of fused-ring (bicyclic) bond motifs is 1. The second-order valence-corrected chi connectivity index (χ2v) is 6.94. The van der Waals surface area contributed by atoms with Crippen LogP contribution in [0, 0.1) is 0 Å². The van der Waals surface area contributed by atoms with Gasteiger partial charge in [-0.1, -0.05) is 19.9 Å². The molecule has 0 fully saturated rings. The molecular formula is C20H27N5O3S. The van der Waals surface area contributed by atoms with Crippen molar-refractivity contribution in [2.24, 2.45) is 0 Å². The van der Waals surface area contributed by atoms with Crippen LogP contribution < -0.4 is 10.6 Å². The molecule has 3 N–H and O–H groups in total. The summed E-state index contributed by atoms with van der Waals surface area (Å²) >= 11 is 1.40. The molecule has 0 bridgehead atoms. The van der Waals surface area contributed by atoms with Crippen LogP contribution in [0.3, 0.4) is 0 Å². The summed E-state index contributed by atoms with van der Waals surface area (Å²) in [6, 6.07) is 5.40. The highest BCUT2D eigenvalue weighted by Crippen LogP contribution is 2.25. The molecule has 9 heteroatoms. The first-order valence-corrected chi connectivity index (χ1v) is 10.3. The first kappa shape index (κ1) is 22.7. The molecule has 2 atom stereocenters. The van der Waals surface area contributed by atoms with Crippen LogP contribution in [0.4, 0.5) is 5.95 Å². The number of aliphatic hydroxyl groups excluding tert-OH is 1. The van der Waals surface area contributed by atoms with Crippen LogP contribution in [-0.4, -0.2) is 52.3 Å². The smallest absolute Gasteiger partial charge is 0.271 e. The lowest BCUT2D eigenvalue weighted by atomic mass is 10.1. The first-order valence-electron chi connectivity index (χ1n) is 9.45. The molecule has 0 aromatic carbocycles. The predicted molar refractivity (Wildman–Crippen MR) is 115 cm³/mol. The number of amides is 1. The molecule has 0 spiro atoms. The average molecular weight is 418 g/mol. The summed E-state index contributed by atoms with van der Waals surface area (Å²) in [6.07, 6.45) is 2.81. The van der Waals surface area contributed by atoms with Gasteiger partial charge in [-0.2, -0.15) is 0 Å². The molecule has 0 aliphatic carbocycles. The van der Waals surface area contributed by atoms with Gasteiger partial charge in [0.2, 0.25) is 5.95 Å². The number of hydrogen-bond donors (Lipinski definition) is 3. The second kappa shape index (κ2) is 11.4. The van der Waals surface area contributed by atoms with E-state index in [-0.39, 0.29) is 24.2 Å². The molecule has 29 heavy (non-hydrogen) atoms. The normalized spacial score (nSPS) is 12.6. The lowest BCUT2D eigenvalue weighted by molar-refractivity contribution is 0.0921. The van der Waals surface area contributed by atoms with Crippen LogP contribution in [0.25, 0.3) is 10.2 Å². The van der Waals surface area contributed by atoms with E-state index in [1.807, 2.05) is 37.4 Å². The van der Waals surface area contributed by atoms with Gasteiger partial charge >= 0.3 is 0 Å². The van der Waals surface area contributed by atoms with Crippen molar-refractivity contribution in [3.05, 3.63) is 47.2 Å². The van der Waals surface area contributed by atoms with Crippen molar-refractivity contribution in [1.29, 1.82) is 0 Å². The number of carbonyl (C=O) groups excluding carboxylic acids is 1. The molecule has 0 unspecified atom stereocenters. The Balaban J connectivity index is 0.00000145. The van der Waals surface area contributed by atoms with Crippen LogP contribution in [0.5, 0.6) is 0 Å². The average Bonchev–Trinajstić information content (AvgIpc) is 3.22. The van der Waals surface area contributed by atoms with Gasteiger partial charge in [0.1, 0.15) is 0 Å². The molecule has 3 aromatic heterocycles. The quantitative estimate of drug-likeness (QED) is 0.517. The van der Waals surface area contributed by atoms with Gasteiger partial charge in [0, 0.05) is 26.0 Å². The number of aromatic nitrogens is 3. The Labute approximate surface area is 174 Å². The first-order chi connectivity index (χ1) is 14.1. The van der Waals surface area contributed by atoms with Gasteiger partial charge in [-0.25, -0.2) is 9.97 Å². The predicted octanol–water partition coefficient (Wildman–Crippen LogP) is 3.02. The molecule has 8 nitrogen and oxygen atoms in total. The minimum atomic E-state index is -0.635. The molecule has 3 aromatic rings. The van der Waals surface area contributed by atoms with Gasteiger partial charge in [-0.15, -0.1) is 11.3 Å². The maximum Gasteiger partial charge on any atom is 0.271 e. The topological polar surface area (TPSA) is 109 Å². The van der Waals surface area contributed by atoms with E-state index in [1.165, 1.54) is 11.3 Å². The van der Waals surface area contributed by atoms with Crippen molar-refractivity contribution >= 4 is 33.4 Å². The molecule has 0 aliphatic rings. The van der Waals surface area contributed by atoms with E-state index in [4.69, 9.17) is 4.74 Å². The van der Waals surface area contributed by atoms with Crippen LogP contribution in [0.2, 0.25) is 0 Å². The lowest BCUT2D eigenvalue weighted by Crippen LogP contribution is -2.31. The summed E-state index contributed by atoms with van der Waals surface area (Å²) in [4.78, 5) is 25.6. The third-order valence-corrected chi connectivity index (χ3v) is 4.71. The van der Waals surface area contributed by atoms with Crippen molar-refractivity contribution in [1.82, 2.24) is 20.3 Å². The fraction of sp³-hybridized carbons (Fsp3) is 0.400. The third-order valence-electron chi connectivity index (χ3n) is 3.80. The molecule has 0 aliphatic heterocycles. The van der Waals surface area contributed by atoms with E-state index in [1.54, 1.807) is 26.4 Å². The number of thiophene rings is 1. The van der Waals surface area contributed by atoms with Gasteiger partial charge in [-0.05, 0) is 30.0 Å². The number of nitrogens with zero attached hydrogens (tertiary/aromatic N) is 3. The Kier molecular flexibility index (Phi) is 8.91. The number of aliphatic hydroxyl groups is 1. The molecule has 0 radical (unpaired) electrons. The number of pyridine rings is 1. The highest BCUT2D eigenvalue weighted by atomic mass is 32.1. The minimum absolute atomic E-state index is 0.153.